The van der Waals surface area contributed by atoms with Crippen molar-refractivity contribution >= 4 is 0 Å². The molecule has 0 amide bonds. The highest BCUT2D eigenvalue weighted by Crippen LogP contribution is 2.24. The second-order valence-electron chi connectivity index (χ2n) is 5.56. The number of rotatable bonds is 2. The minimum absolute atomic E-state index is 0.106. The monoisotopic (exact) mass is 234 g/mol. The lowest BCUT2D eigenvalue weighted by Gasteiger charge is -2.44. The number of hydrogen-bond donors (Lipinski definition) is 0. The first-order valence-corrected chi connectivity index (χ1v) is 6.26. The Morgan fingerprint density at radius 1 is 1.53 bits per heavy atom. The zero-order valence-electron chi connectivity index (χ0n) is 11.2. The van der Waals surface area contributed by atoms with E-state index < -0.39 is 0 Å². The largest absolute Gasteiger partial charge is 0.375 e. The first-order chi connectivity index (χ1) is 7.99. The summed E-state index contributed by atoms with van der Waals surface area (Å²) in [5, 5.41) is 0. The zero-order valence-corrected chi connectivity index (χ0v) is 11.2. The number of ether oxygens (including phenoxy) is 1. The van der Waals surface area contributed by atoms with Gasteiger partial charge in [0.15, 0.2) is 0 Å². The van der Waals surface area contributed by atoms with Crippen LogP contribution in [0.4, 0.5) is 0 Å². The van der Waals surface area contributed by atoms with E-state index in [4.69, 9.17) is 4.74 Å². The average Bonchev–Trinajstić information content (AvgIpc) is 2.27. The third-order valence-corrected chi connectivity index (χ3v) is 3.53. The number of pyridine rings is 1. The first-order valence-electron chi connectivity index (χ1n) is 6.26. The van der Waals surface area contributed by atoms with Crippen molar-refractivity contribution in [2.45, 2.75) is 45.9 Å². The minimum atomic E-state index is 0.106. The van der Waals surface area contributed by atoms with Crippen LogP contribution in [0.3, 0.4) is 0 Å². The maximum atomic E-state index is 5.73. The number of morpholine rings is 1. The lowest BCUT2D eigenvalue weighted by Crippen LogP contribution is -2.54. The van der Waals surface area contributed by atoms with Crippen LogP contribution in [-0.4, -0.2) is 34.7 Å². The molecule has 0 radical (unpaired) electrons. The Bertz CT molecular complexity index is 390. The minimum Gasteiger partial charge on any atom is -0.375 e. The average molecular weight is 234 g/mol. The molecule has 3 nitrogen and oxygen atoms in total. The summed E-state index contributed by atoms with van der Waals surface area (Å²) in [6, 6.07) is 4.18. The quantitative estimate of drug-likeness (QED) is 0.785. The molecule has 1 atom stereocenters. The highest BCUT2D eigenvalue weighted by Gasteiger charge is 2.33. The fourth-order valence-electron chi connectivity index (χ4n) is 2.22. The van der Waals surface area contributed by atoms with Gasteiger partial charge in [0.2, 0.25) is 0 Å². The van der Waals surface area contributed by atoms with Crippen molar-refractivity contribution in [1.82, 2.24) is 9.88 Å². The van der Waals surface area contributed by atoms with E-state index in [0.29, 0.717) is 6.10 Å². The van der Waals surface area contributed by atoms with Gasteiger partial charge < -0.3 is 4.74 Å². The van der Waals surface area contributed by atoms with Gasteiger partial charge in [0.05, 0.1) is 12.7 Å². The summed E-state index contributed by atoms with van der Waals surface area (Å²) in [7, 11) is 0. The lowest BCUT2D eigenvalue weighted by molar-refractivity contribution is -0.0950. The molecule has 1 aliphatic rings. The van der Waals surface area contributed by atoms with Crippen LogP contribution in [0, 0.1) is 6.92 Å². The number of aryl methyl sites for hydroxylation is 1. The topological polar surface area (TPSA) is 25.4 Å². The molecule has 0 N–H and O–H groups in total. The summed E-state index contributed by atoms with van der Waals surface area (Å²) in [4.78, 5) is 6.84. The molecule has 1 saturated heterocycles. The first kappa shape index (κ1) is 12.5. The Morgan fingerprint density at radius 2 is 2.29 bits per heavy atom. The summed E-state index contributed by atoms with van der Waals surface area (Å²) in [6.45, 7) is 11.4. The summed E-state index contributed by atoms with van der Waals surface area (Å²) >= 11 is 0. The molecule has 0 spiro atoms. The van der Waals surface area contributed by atoms with Crippen molar-refractivity contribution < 1.29 is 4.74 Å². The van der Waals surface area contributed by atoms with E-state index in [9.17, 15) is 0 Å². The zero-order chi connectivity index (χ0) is 12.5. The second-order valence-corrected chi connectivity index (χ2v) is 5.56. The Kier molecular flexibility index (Phi) is 3.50. The van der Waals surface area contributed by atoms with Crippen LogP contribution >= 0.6 is 0 Å². The molecule has 1 aliphatic heterocycles. The van der Waals surface area contributed by atoms with Crippen LogP contribution in [0.15, 0.2) is 18.3 Å². The molecule has 2 heterocycles. The van der Waals surface area contributed by atoms with E-state index in [1.165, 1.54) is 5.56 Å². The Morgan fingerprint density at radius 3 is 3.00 bits per heavy atom. The Labute approximate surface area is 104 Å². The van der Waals surface area contributed by atoms with E-state index >= 15 is 0 Å². The Balaban J connectivity index is 2.14. The molecule has 0 unspecified atom stereocenters. The summed E-state index contributed by atoms with van der Waals surface area (Å²) in [5.41, 5.74) is 2.55. The van der Waals surface area contributed by atoms with Gasteiger partial charge in [-0.25, -0.2) is 0 Å². The van der Waals surface area contributed by atoms with Crippen molar-refractivity contribution in [2.24, 2.45) is 0 Å². The van der Waals surface area contributed by atoms with Crippen LogP contribution in [0.2, 0.25) is 0 Å². The highest BCUT2D eigenvalue weighted by molar-refractivity contribution is 5.18. The van der Waals surface area contributed by atoms with Gasteiger partial charge in [-0.05, 0) is 39.3 Å². The Hall–Kier alpha value is -0.930. The maximum absolute atomic E-state index is 5.73. The summed E-state index contributed by atoms with van der Waals surface area (Å²) in [6.07, 6.45) is 2.17. The van der Waals surface area contributed by atoms with Gasteiger partial charge in [-0.2, -0.15) is 0 Å². The van der Waals surface area contributed by atoms with Crippen LogP contribution in [0.1, 0.15) is 32.0 Å². The molecule has 0 bridgehead atoms. The van der Waals surface area contributed by atoms with Gasteiger partial charge in [0, 0.05) is 30.5 Å². The third kappa shape index (κ3) is 2.85. The van der Waals surface area contributed by atoms with Crippen LogP contribution in [0.5, 0.6) is 0 Å². The van der Waals surface area contributed by atoms with Crippen molar-refractivity contribution in [3.05, 3.63) is 29.6 Å². The van der Waals surface area contributed by atoms with E-state index in [-0.39, 0.29) is 5.54 Å². The van der Waals surface area contributed by atoms with Crippen molar-refractivity contribution in [2.75, 3.05) is 13.2 Å². The molecule has 17 heavy (non-hydrogen) atoms. The van der Waals surface area contributed by atoms with Crippen molar-refractivity contribution in [1.29, 1.82) is 0 Å². The molecule has 2 rings (SSSR count). The summed E-state index contributed by atoms with van der Waals surface area (Å²) in [5.74, 6) is 0. The smallest absolute Gasteiger partial charge is 0.0675 e. The van der Waals surface area contributed by atoms with Gasteiger partial charge in [-0.15, -0.1) is 0 Å². The number of aromatic nitrogens is 1. The van der Waals surface area contributed by atoms with Gasteiger partial charge >= 0.3 is 0 Å². The molecular formula is C14H22N2O. The standard InChI is InChI=1S/C14H22N2O/c1-11-8-16(14(3,4)10-17-11)9-13-6-5-7-15-12(13)2/h5-7,11H,8-10H2,1-4H3/t11-/m1/s1. The normalized spacial score (nSPS) is 24.8. The van der Waals surface area contributed by atoms with Gasteiger partial charge in [-0.3, -0.25) is 9.88 Å². The molecule has 1 fully saturated rings. The molecule has 0 aliphatic carbocycles. The van der Waals surface area contributed by atoms with Crippen LogP contribution in [0.25, 0.3) is 0 Å². The molecule has 3 heteroatoms. The van der Waals surface area contributed by atoms with E-state index in [1.807, 2.05) is 12.3 Å². The predicted molar refractivity (Wildman–Crippen MR) is 68.9 cm³/mol. The molecule has 1 aromatic heterocycles. The van der Waals surface area contributed by atoms with E-state index in [0.717, 1.165) is 25.4 Å². The highest BCUT2D eigenvalue weighted by atomic mass is 16.5. The summed E-state index contributed by atoms with van der Waals surface area (Å²) < 4.78 is 5.73. The maximum Gasteiger partial charge on any atom is 0.0675 e. The van der Waals surface area contributed by atoms with E-state index in [1.54, 1.807) is 0 Å². The van der Waals surface area contributed by atoms with Gasteiger partial charge in [0.1, 0.15) is 0 Å². The van der Waals surface area contributed by atoms with Gasteiger partial charge in [-0.1, -0.05) is 6.07 Å². The second kappa shape index (κ2) is 4.75. The van der Waals surface area contributed by atoms with Crippen molar-refractivity contribution in [3.8, 4) is 0 Å². The molecular weight excluding hydrogens is 212 g/mol. The van der Waals surface area contributed by atoms with Gasteiger partial charge in [0.25, 0.3) is 0 Å². The fraction of sp³-hybridized carbons (Fsp3) is 0.643. The molecule has 0 saturated carbocycles. The SMILES string of the molecule is Cc1ncccc1CN1C[C@@H](C)OCC1(C)C. The van der Waals surface area contributed by atoms with Crippen molar-refractivity contribution in [3.63, 3.8) is 0 Å². The van der Waals surface area contributed by atoms with Crippen LogP contribution in [-0.2, 0) is 11.3 Å². The van der Waals surface area contributed by atoms with E-state index in [2.05, 4.69) is 43.6 Å². The predicted octanol–water partition coefficient (Wildman–Crippen LogP) is 2.39. The third-order valence-electron chi connectivity index (χ3n) is 3.53. The fourth-order valence-corrected chi connectivity index (χ4v) is 2.22. The van der Waals surface area contributed by atoms with Crippen LogP contribution < -0.4 is 0 Å². The molecule has 94 valence electrons. The molecule has 0 aromatic carbocycles. The number of nitrogens with zero attached hydrogens (tertiary/aromatic N) is 2. The number of hydrogen-bond acceptors (Lipinski definition) is 3. The molecule has 1 aromatic rings. The lowest BCUT2D eigenvalue weighted by atomic mass is 9.99.